The highest BCUT2D eigenvalue weighted by molar-refractivity contribution is 5.95. The predicted molar refractivity (Wildman–Crippen MR) is 187 cm³/mol. The highest BCUT2D eigenvalue weighted by Crippen LogP contribution is 2.15. The van der Waals surface area contributed by atoms with Crippen molar-refractivity contribution in [2.75, 3.05) is 6.54 Å². The van der Waals surface area contributed by atoms with Crippen molar-refractivity contribution in [3.05, 3.63) is 95.6 Å². The first-order valence-electron chi connectivity index (χ1n) is 16.5. The number of rotatable bonds is 18. The van der Waals surface area contributed by atoms with Gasteiger partial charge in [0.15, 0.2) is 0 Å². The van der Waals surface area contributed by atoms with Crippen LogP contribution in [-0.4, -0.2) is 81.5 Å². The van der Waals surface area contributed by atoms with Gasteiger partial charge in [-0.15, -0.1) is 0 Å². The van der Waals surface area contributed by atoms with Crippen LogP contribution in [0.25, 0.3) is 0 Å². The third kappa shape index (κ3) is 13.1. The van der Waals surface area contributed by atoms with Gasteiger partial charge in [0.2, 0.25) is 29.5 Å². The standard InChI is InChI=1S/C37H45N5O9/c1-4-22(2)33(42-32(46)21-38-23(3)43)36(49)40-30(19-26-12-16-28(45)17-13-26)34(47)39-29(18-25-10-14-27(44)15-11-25)35(48)41-31(37(50)51)20-24-8-6-5-7-9-24/h5-17,22,29-31,33,44-45H,4,18-21H2,1-3H3,(H,38,43)(H,39,47)(H,40,49)(H,41,48)(H,42,46)(H,50,51). The van der Waals surface area contributed by atoms with Crippen LogP contribution in [0.15, 0.2) is 78.9 Å². The van der Waals surface area contributed by atoms with Crippen LogP contribution in [0.1, 0.15) is 43.9 Å². The quantitative estimate of drug-likeness (QED) is 0.0956. The van der Waals surface area contributed by atoms with E-state index in [2.05, 4.69) is 26.6 Å². The van der Waals surface area contributed by atoms with Gasteiger partial charge in [-0.3, -0.25) is 24.0 Å². The fraction of sp³-hybridized carbons (Fsp3) is 0.351. The number of carboxylic acids is 1. The Morgan fingerprint density at radius 1 is 0.608 bits per heavy atom. The van der Waals surface area contributed by atoms with Crippen molar-refractivity contribution in [1.29, 1.82) is 0 Å². The number of aliphatic carboxylic acids is 1. The summed E-state index contributed by atoms with van der Waals surface area (Å²) < 4.78 is 0. The highest BCUT2D eigenvalue weighted by Gasteiger charge is 2.33. The molecule has 0 heterocycles. The molecule has 5 atom stereocenters. The number of aromatic hydroxyl groups is 2. The Bertz CT molecular complexity index is 1650. The van der Waals surface area contributed by atoms with E-state index in [4.69, 9.17) is 0 Å². The second kappa shape index (κ2) is 19.3. The van der Waals surface area contributed by atoms with Crippen molar-refractivity contribution >= 4 is 35.5 Å². The molecule has 0 saturated heterocycles. The van der Waals surface area contributed by atoms with Crippen LogP contribution in [0, 0.1) is 5.92 Å². The summed E-state index contributed by atoms with van der Waals surface area (Å²) >= 11 is 0. The molecule has 14 nitrogen and oxygen atoms in total. The van der Waals surface area contributed by atoms with Crippen molar-refractivity contribution in [2.45, 2.75) is 70.6 Å². The van der Waals surface area contributed by atoms with Gasteiger partial charge in [0.25, 0.3) is 0 Å². The lowest BCUT2D eigenvalue weighted by Gasteiger charge is -2.28. The molecule has 3 aromatic carbocycles. The fourth-order valence-corrected chi connectivity index (χ4v) is 5.14. The zero-order valence-electron chi connectivity index (χ0n) is 28.7. The zero-order chi connectivity index (χ0) is 37.5. The first kappa shape index (κ1) is 39.5. The fourth-order valence-electron chi connectivity index (χ4n) is 5.14. The molecule has 5 amide bonds. The number of phenols is 2. The second-order valence-corrected chi connectivity index (χ2v) is 12.3. The molecular formula is C37H45N5O9. The number of carboxylic acid groups (broad SMARTS) is 1. The van der Waals surface area contributed by atoms with E-state index in [0.29, 0.717) is 23.1 Å². The van der Waals surface area contributed by atoms with Crippen LogP contribution in [0.5, 0.6) is 11.5 Å². The number of benzene rings is 3. The van der Waals surface area contributed by atoms with Gasteiger partial charge in [0.1, 0.15) is 35.7 Å². The summed E-state index contributed by atoms with van der Waals surface area (Å²) in [4.78, 5) is 77.6. The Kier molecular flexibility index (Phi) is 15.0. The van der Waals surface area contributed by atoms with E-state index in [1.807, 2.05) is 6.92 Å². The van der Waals surface area contributed by atoms with E-state index >= 15 is 0 Å². The van der Waals surface area contributed by atoms with E-state index in [-0.39, 0.29) is 43.2 Å². The number of carbonyl (C=O) groups is 6. The maximum atomic E-state index is 14.0. The number of carbonyl (C=O) groups excluding carboxylic acids is 5. The van der Waals surface area contributed by atoms with Crippen LogP contribution >= 0.6 is 0 Å². The van der Waals surface area contributed by atoms with Crippen molar-refractivity contribution < 1.29 is 44.1 Å². The average molecular weight is 704 g/mol. The van der Waals surface area contributed by atoms with Crippen LogP contribution in [0.2, 0.25) is 0 Å². The minimum absolute atomic E-state index is 0.0170. The molecule has 0 aliphatic carbocycles. The highest BCUT2D eigenvalue weighted by atomic mass is 16.4. The number of amides is 5. The lowest BCUT2D eigenvalue weighted by Crippen LogP contribution is -2.60. The third-order valence-corrected chi connectivity index (χ3v) is 8.23. The summed E-state index contributed by atoms with van der Waals surface area (Å²) in [5.74, 6) is -5.00. The van der Waals surface area contributed by atoms with Gasteiger partial charge in [-0.1, -0.05) is 74.9 Å². The number of nitrogens with one attached hydrogen (secondary N) is 5. The summed E-state index contributed by atoms with van der Waals surface area (Å²) in [5, 5.41) is 42.4. The molecule has 0 aromatic heterocycles. The van der Waals surface area contributed by atoms with Crippen molar-refractivity contribution in [3.8, 4) is 11.5 Å². The lowest BCUT2D eigenvalue weighted by atomic mass is 9.97. The summed E-state index contributed by atoms with van der Waals surface area (Å²) in [6.07, 6.45) is 0.288. The van der Waals surface area contributed by atoms with E-state index in [1.165, 1.54) is 31.2 Å². The largest absolute Gasteiger partial charge is 0.508 e. The van der Waals surface area contributed by atoms with Gasteiger partial charge in [0.05, 0.1) is 6.54 Å². The van der Waals surface area contributed by atoms with Crippen LogP contribution in [0.3, 0.4) is 0 Å². The molecule has 3 aromatic rings. The second-order valence-electron chi connectivity index (χ2n) is 12.3. The van der Waals surface area contributed by atoms with Crippen LogP contribution < -0.4 is 26.6 Å². The molecule has 0 saturated carbocycles. The topological polar surface area (TPSA) is 223 Å². The third-order valence-electron chi connectivity index (χ3n) is 8.23. The monoisotopic (exact) mass is 703 g/mol. The Labute approximate surface area is 296 Å². The first-order chi connectivity index (χ1) is 24.2. The minimum atomic E-state index is -1.33. The Hall–Kier alpha value is -5.92. The van der Waals surface area contributed by atoms with Gasteiger partial charge in [-0.25, -0.2) is 4.79 Å². The lowest BCUT2D eigenvalue weighted by molar-refractivity contribution is -0.142. The van der Waals surface area contributed by atoms with Crippen molar-refractivity contribution in [1.82, 2.24) is 26.6 Å². The smallest absolute Gasteiger partial charge is 0.326 e. The molecule has 0 bridgehead atoms. The van der Waals surface area contributed by atoms with Gasteiger partial charge in [0, 0.05) is 26.2 Å². The molecule has 0 aliphatic heterocycles. The van der Waals surface area contributed by atoms with Crippen molar-refractivity contribution in [3.63, 3.8) is 0 Å². The van der Waals surface area contributed by atoms with E-state index in [1.54, 1.807) is 61.5 Å². The molecule has 0 fully saturated rings. The van der Waals surface area contributed by atoms with Gasteiger partial charge in [-0.05, 0) is 46.9 Å². The van der Waals surface area contributed by atoms with Gasteiger partial charge in [-0.2, -0.15) is 0 Å². The van der Waals surface area contributed by atoms with E-state index in [0.717, 1.165) is 0 Å². The van der Waals surface area contributed by atoms with Crippen molar-refractivity contribution in [2.24, 2.45) is 5.92 Å². The molecule has 0 aliphatic rings. The number of phenolic OH excluding ortho intramolecular Hbond substituents is 2. The molecule has 5 unspecified atom stereocenters. The molecule has 51 heavy (non-hydrogen) atoms. The summed E-state index contributed by atoms with van der Waals surface area (Å²) in [5.41, 5.74) is 1.76. The number of hydrogen-bond acceptors (Lipinski definition) is 8. The molecule has 14 heteroatoms. The molecule has 8 N–H and O–H groups in total. The van der Waals surface area contributed by atoms with E-state index in [9.17, 15) is 44.1 Å². The van der Waals surface area contributed by atoms with Gasteiger partial charge < -0.3 is 41.9 Å². The maximum Gasteiger partial charge on any atom is 0.326 e. The SMILES string of the molecule is CCC(C)C(NC(=O)CNC(C)=O)C(=O)NC(Cc1ccc(O)cc1)C(=O)NC(Cc1ccc(O)cc1)C(=O)NC(Cc1ccccc1)C(=O)O. The molecule has 272 valence electrons. The summed E-state index contributed by atoms with van der Waals surface area (Å²) in [6, 6.07) is 15.5. The first-order valence-corrected chi connectivity index (χ1v) is 16.5. The van der Waals surface area contributed by atoms with E-state index < -0.39 is 59.7 Å². The Balaban J connectivity index is 1.91. The molecule has 0 radical (unpaired) electrons. The Morgan fingerprint density at radius 3 is 1.49 bits per heavy atom. The normalized spacial score (nSPS) is 13.7. The number of hydrogen-bond donors (Lipinski definition) is 8. The maximum absolute atomic E-state index is 14.0. The predicted octanol–water partition coefficient (Wildman–Crippen LogP) is 1.33. The molecular weight excluding hydrogens is 658 g/mol. The van der Waals surface area contributed by atoms with Gasteiger partial charge >= 0.3 is 5.97 Å². The average Bonchev–Trinajstić information content (AvgIpc) is 3.10. The molecule has 0 spiro atoms. The summed E-state index contributed by atoms with van der Waals surface area (Å²) in [6.45, 7) is 4.45. The van der Waals surface area contributed by atoms with Crippen LogP contribution in [0.4, 0.5) is 0 Å². The minimum Gasteiger partial charge on any atom is -0.508 e. The molecule has 3 rings (SSSR count). The zero-order valence-corrected chi connectivity index (χ0v) is 28.7. The summed E-state index contributed by atoms with van der Waals surface area (Å²) in [7, 11) is 0. The van der Waals surface area contributed by atoms with Crippen LogP contribution in [-0.2, 0) is 48.0 Å². The Morgan fingerprint density at radius 2 is 1.04 bits per heavy atom.